The van der Waals surface area contributed by atoms with Gasteiger partial charge in [-0.3, -0.25) is 9.97 Å². The number of pyridine rings is 2. The maximum Gasteiger partial charge on any atom is 0.190 e. The van der Waals surface area contributed by atoms with Crippen LogP contribution in [0.5, 0.6) is 0 Å². The molecule has 5 nitrogen and oxygen atoms in total. The molecule has 5 aromatic rings. The highest BCUT2D eigenvalue weighted by atomic mass is 15.1. The second kappa shape index (κ2) is 9.70. The third-order valence-electron chi connectivity index (χ3n) is 5.70. The number of nitriles is 1. The molecule has 0 saturated carbocycles. The van der Waals surface area contributed by atoms with Crippen LogP contribution in [0, 0.1) is 17.9 Å². The van der Waals surface area contributed by atoms with Gasteiger partial charge in [0.05, 0.1) is 12.6 Å². The molecular weight excluding hydrogens is 430 g/mol. The highest BCUT2D eigenvalue weighted by molar-refractivity contribution is 5.81. The predicted molar refractivity (Wildman–Crippen MR) is 139 cm³/mol. The fraction of sp³-hybridized carbons (Fsp3) is 0. The first-order chi connectivity index (χ1) is 17.2. The van der Waals surface area contributed by atoms with Crippen molar-refractivity contribution in [3.63, 3.8) is 0 Å². The third kappa shape index (κ3) is 4.61. The van der Waals surface area contributed by atoms with Crippen LogP contribution in [0.3, 0.4) is 0 Å². The Hall–Kier alpha value is -5.26. The van der Waals surface area contributed by atoms with E-state index in [4.69, 9.17) is 6.57 Å². The van der Waals surface area contributed by atoms with E-state index in [0.29, 0.717) is 11.3 Å². The molecule has 0 atom stereocenters. The van der Waals surface area contributed by atoms with E-state index in [2.05, 4.69) is 50.0 Å². The lowest BCUT2D eigenvalue weighted by molar-refractivity contribution is 1.28. The van der Waals surface area contributed by atoms with Crippen LogP contribution >= 0.6 is 0 Å². The van der Waals surface area contributed by atoms with Gasteiger partial charge in [0.1, 0.15) is 0 Å². The lowest BCUT2D eigenvalue weighted by Gasteiger charge is -2.26. The van der Waals surface area contributed by atoms with Gasteiger partial charge in [-0.25, -0.2) is 4.85 Å². The molecular formula is C30H19N5. The SMILES string of the molecule is [C-]#[N+]c1cc(C#N)cc(N(c2ccc(-c3ccncc3)cc2)c2ccc(-c3ccncc3)cc2)c1. The summed E-state index contributed by atoms with van der Waals surface area (Å²) in [6.45, 7) is 7.50. The molecule has 2 aromatic heterocycles. The summed E-state index contributed by atoms with van der Waals surface area (Å²) in [6.07, 6.45) is 7.11. The Labute approximate surface area is 204 Å². The Morgan fingerprint density at radius 3 is 1.49 bits per heavy atom. The van der Waals surface area contributed by atoms with Gasteiger partial charge >= 0.3 is 0 Å². The summed E-state index contributed by atoms with van der Waals surface area (Å²) in [4.78, 5) is 13.8. The van der Waals surface area contributed by atoms with E-state index in [1.165, 1.54) is 0 Å². The van der Waals surface area contributed by atoms with Crippen molar-refractivity contribution in [3.05, 3.63) is 133 Å². The molecule has 0 amide bonds. The standard InChI is InChI=1S/C30H19N5/c1-32-27-18-22(21-31)19-30(20-27)35(28-6-2-23(3-7-28)25-10-14-33-15-11-25)29-8-4-24(5-9-29)26-12-16-34-17-13-26/h2-20H. The van der Waals surface area contributed by atoms with Crippen LogP contribution in [0.1, 0.15) is 5.56 Å². The molecule has 0 aliphatic rings. The third-order valence-corrected chi connectivity index (χ3v) is 5.70. The average Bonchev–Trinajstić information content (AvgIpc) is 2.94. The van der Waals surface area contributed by atoms with E-state index in [1.807, 2.05) is 54.6 Å². The van der Waals surface area contributed by atoms with E-state index >= 15 is 0 Å². The fourth-order valence-corrected chi connectivity index (χ4v) is 4.00. The summed E-state index contributed by atoms with van der Waals surface area (Å²) in [7, 11) is 0. The molecule has 0 radical (unpaired) electrons. The van der Waals surface area contributed by atoms with Crippen LogP contribution in [0.25, 0.3) is 27.1 Å². The van der Waals surface area contributed by atoms with E-state index in [-0.39, 0.29) is 0 Å². The van der Waals surface area contributed by atoms with Crippen molar-refractivity contribution in [2.75, 3.05) is 4.90 Å². The predicted octanol–water partition coefficient (Wildman–Crippen LogP) is 7.70. The highest BCUT2D eigenvalue weighted by Gasteiger charge is 2.15. The summed E-state index contributed by atoms with van der Waals surface area (Å²) >= 11 is 0. The van der Waals surface area contributed by atoms with Gasteiger partial charge in [0.2, 0.25) is 0 Å². The molecule has 2 heterocycles. The van der Waals surface area contributed by atoms with Crippen LogP contribution in [0.15, 0.2) is 116 Å². The van der Waals surface area contributed by atoms with E-state index in [0.717, 1.165) is 39.3 Å². The zero-order valence-corrected chi connectivity index (χ0v) is 18.7. The van der Waals surface area contributed by atoms with Crippen molar-refractivity contribution in [1.29, 1.82) is 5.26 Å². The Kier molecular flexibility index (Phi) is 5.98. The number of hydrogen-bond acceptors (Lipinski definition) is 4. The summed E-state index contributed by atoms with van der Waals surface area (Å²) in [5.41, 5.74) is 7.79. The minimum atomic E-state index is 0.422. The van der Waals surface area contributed by atoms with Gasteiger partial charge in [0.25, 0.3) is 0 Å². The molecule has 5 rings (SSSR count). The summed E-state index contributed by atoms with van der Waals surface area (Å²) < 4.78 is 0. The van der Waals surface area contributed by atoms with Crippen LogP contribution in [-0.4, -0.2) is 9.97 Å². The second-order valence-corrected chi connectivity index (χ2v) is 7.86. The number of aromatic nitrogens is 2. The van der Waals surface area contributed by atoms with E-state index < -0.39 is 0 Å². The average molecular weight is 450 g/mol. The van der Waals surface area contributed by atoms with Crippen molar-refractivity contribution in [2.24, 2.45) is 0 Å². The lowest BCUT2D eigenvalue weighted by atomic mass is 10.0. The molecule has 164 valence electrons. The fourth-order valence-electron chi connectivity index (χ4n) is 4.00. The molecule has 3 aromatic carbocycles. The summed E-state index contributed by atoms with van der Waals surface area (Å²) in [5, 5.41) is 9.55. The van der Waals surface area contributed by atoms with Crippen molar-refractivity contribution in [1.82, 2.24) is 9.97 Å². The molecule has 0 aliphatic carbocycles. The topological polar surface area (TPSA) is 57.2 Å². The molecule has 0 saturated heterocycles. The van der Waals surface area contributed by atoms with Gasteiger partial charge < -0.3 is 4.90 Å². The maximum atomic E-state index is 9.55. The van der Waals surface area contributed by atoms with Crippen molar-refractivity contribution in [3.8, 4) is 28.3 Å². The maximum absolute atomic E-state index is 9.55. The molecule has 0 aliphatic heterocycles. The number of hydrogen-bond donors (Lipinski definition) is 0. The zero-order chi connectivity index (χ0) is 24.0. The first kappa shape index (κ1) is 21.6. The molecule has 0 fully saturated rings. The molecule has 0 spiro atoms. The van der Waals surface area contributed by atoms with Crippen molar-refractivity contribution < 1.29 is 0 Å². The lowest BCUT2D eigenvalue weighted by Crippen LogP contribution is -2.10. The minimum Gasteiger partial charge on any atom is -0.312 e. The number of rotatable bonds is 5. The Morgan fingerprint density at radius 2 is 1.06 bits per heavy atom. The van der Waals surface area contributed by atoms with Gasteiger partial charge in [-0.05, 0) is 89.0 Å². The first-order valence-corrected chi connectivity index (χ1v) is 11.0. The number of nitrogens with zero attached hydrogens (tertiary/aromatic N) is 5. The zero-order valence-electron chi connectivity index (χ0n) is 18.7. The van der Waals surface area contributed by atoms with E-state index in [1.54, 1.807) is 36.9 Å². The van der Waals surface area contributed by atoms with Gasteiger partial charge in [0, 0.05) is 47.4 Å². The molecule has 5 heteroatoms. The Balaban J connectivity index is 1.60. The molecule has 0 bridgehead atoms. The monoisotopic (exact) mass is 449 g/mol. The Bertz CT molecular complexity index is 1410. The molecule has 35 heavy (non-hydrogen) atoms. The Morgan fingerprint density at radius 1 is 0.600 bits per heavy atom. The molecule has 0 unspecified atom stereocenters. The van der Waals surface area contributed by atoms with Crippen LogP contribution < -0.4 is 4.90 Å². The van der Waals surface area contributed by atoms with Crippen molar-refractivity contribution in [2.45, 2.75) is 0 Å². The minimum absolute atomic E-state index is 0.422. The van der Waals surface area contributed by atoms with Crippen LogP contribution in [0.4, 0.5) is 22.7 Å². The normalized spacial score (nSPS) is 10.2. The second-order valence-electron chi connectivity index (χ2n) is 7.86. The smallest absolute Gasteiger partial charge is 0.190 e. The summed E-state index contributed by atoms with van der Waals surface area (Å²) in [5.74, 6) is 0. The highest BCUT2D eigenvalue weighted by Crippen LogP contribution is 2.38. The largest absolute Gasteiger partial charge is 0.312 e. The van der Waals surface area contributed by atoms with Gasteiger partial charge in [-0.2, -0.15) is 5.26 Å². The molecule has 0 N–H and O–H groups in total. The first-order valence-electron chi connectivity index (χ1n) is 11.0. The van der Waals surface area contributed by atoms with Gasteiger partial charge in [0.15, 0.2) is 5.69 Å². The van der Waals surface area contributed by atoms with Gasteiger partial charge in [-0.1, -0.05) is 24.3 Å². The van der Waals surface area contributed by atoms with Gasteiger partial charge in [-0.15, -0.1) is 0 Å². The van der Waals surface area contributed by atoms with Crippen LogP contribution in [0.2, 0.25) is 0 Å². The van der Waals surface area contributed by atoms with E-state index in [9.17, 15) is 5.26 Å². The van der Waals surface area contributed by atoms with Crippen LogP contribution in [-0.2, 0) is 0 Å². The quantitative estimate of drug-likeness (QED) is 0.258. The van der Waals surface area contributed by atoms with Crippen molar-refractivity contribution >= 4 is 22.7 Å². The summed E-state index contributed by atoms with van der Waals surface area (Å²) in [6, 6.07) is 31.7. The number of anilines is 3. The number of benzene rings is 3.